The number of carbonyl (C=O) groups excluding carboxylic acids is 2. The summed E-state index contributed by atoms with van der Waals surface area (Å²) in [6, 6.07) is 2.59. The third kappa shape index (κ3) is 2.96. The van der Waals surface area contributed by atoms with Gasteiger partial charge in [-0.1, -0.05) is 0 Å². The van der Waals surface area contributed by atoms with Gasteiger partial charge in [-0.2, -0.15) is 0 Å². The Morgan fingerprint density at radius 3 is 2.76 bits per heavy atom. The number of hydrogen-bond donors (Lipinski definition) is 2. The first kappa shape index (κ1) is 14.2. The molecule has 1 aliphatic carbocycles. The van der Waals surface area contributed by atoms with Crippen LogP contribution in [0.1, 0.15) is 48.7 Å². The fourth-order valence-corrected chi connectivity index (χ4v) is 3.25. The van der Waals surface area contributed by atoms with Gasteiger partial charge in [0.15, 0.2) is 0 Å². The Bertz CT molecular complexity index is 572. The molecule has 1 aliphatic heterocycles. The van der Waals surface area contributed by atoms with Gasteiger partial charge in [0.1, 0.15) is 6.04 Å². The van der Waals surface area contributed by atoms with E-state index in [2.05, 4.69) is 35.1 Å². The van der Waals surface area contributed by atoms with Gasteiger partial charge < -0.3 is 15.2 Å². The van der Waals surface area contributed by atoms with Gasteiger partial charge in [0.2, 0.25) is 11.8 Å². The summed E-state index contributed by atoms with van der Waals surface area (Å²) < 4.78 is 2.42. The molecule has 0 spiro atoms. The smallest absolute Gasteiger partial charge is 0.242 e. The Balaban J connectivity index is 1.52. The molecule has 1 atom stereocenters. The van der Waals surface area contributed by atoms with E-state index in [1.807, 2.05) is 0 Å². The summed E-state index contributed by atoms with van der Waals surface area (Å²) in [4.78, 5) is 23.0. The van der Waals surface area contributed by atoms with Crippen LogP contribution in [0.2, 0.25) is 0 Å². The monoisotopic (exact) mass is 289 g/mol. The molecule has 1 saturated heterocycles. The Labute approximate surface area is 125 Å². The molecule has 2 aliphatic rings. The fraction of sp³-hybridized carbons (Fsp3) is 0.625. The van der Waals surface area contributed by atoms with Crippen molar-refractivity contribution in [1.29, 1.82) is 0 Å². The molecule has 2 fully saturated rings. The summed E-state index contributed by atoms with van der Waals surface area (Å²) in [5.74, 6) is -0.0834. The predicted molar refractivity (Wildman–Crippen MR) is 80.1 cm³/mol. The standard InChI is InChI=1S/C16H23N3O2/c1-10-9-12(11(2)19(10)13-3-4-13)7-8-17-16(21)14-5-6-15(20)18-14/h9,13-14H,3-8H2,1-2H3,(H,17,21)(H,18,20). The number of aromatic nitrogens is 1. The molecule has 1 aromatic heterocycles. The molecule has 114 valence electrons. The van der Waals surface area contributed by atoms with Gasteiger partial charge in [0, 0.05) is 30.4 Å². The number of aryl methyl sites for hydroxylation is 1. The maximum Gasteiger partial charge on any atom is 0.242 e. The van der Waals surface area contributed by atoms with Crippen molar-refractivity contribution < 1.29 is 9.59 Å². The highest BCUT2D eigenvalue weighted by Crippen LogP contribution is 2.38. The van der Waals surface area contributed by atoms with Crippen molar-refractivity contribution in [1.82, 2.24) is 15.2 Å². The third-order valence-electron chi connectivity index (χ3n) is 4.51. The highest BCUT2D eigenvalue weighted by atomic mass is 16.2. The van der Waals surface area contributed by atoms with Crippen LogP contribution < -0.4 is 10.6 Å². The molecule has 5 heteroatoms. The number of carbonyl (C=O) groups is 2. The van der Waals surface area contributed by atoms with Crippen LogP contribution in [-0.2, 0) is 16.0 Å². The molecule has 1 unspecified atom stereocenters. The van der Waals surface area contributed by atoms with Crippen LogP contribution in [0, 0.1) is 13.8 Å². The molecular weight excluding hydrogens is 266 g/mol. The van der Waals surface area contributed by atoms with Gasteiger partial charge in [0.25, 0.3) is 0 Å². The minimum absolute atomic E-state index is 0.0249. The van der Waals surface area contributed by atoms with Crippen molar-refractivity contribution in [3.63, 3.8) is 0 Å². The minimum Gasteiger partial charge on any atom is -0.354 e. The number of hydrogen-bond acceptors (Lipinski definition) is 2. The average Bonchev–Trinajstić information content (AvgIpc) is 3.10. The average molecular weight is 289 g/mol. The van der Waals surface area contributed by atoms with Crippen molar-refractivity contribution in [2.45, 2.75) is 58.0 Å². The summed E-state index contributed by atoms with van der Waals surface area (Å²) in [5.41, 5.74) is 3.97. The van der Waals surface area contributed by atoms with E-state index >= 15 is 0 Å². The second-order valence-corrected chi connectivity index (χ2v) is 6.20. The van der Waals surface area contributed by atoms with E-state index in [1.165, 1.54) is 29.8 Å². The molecule has 0 aromatic carbocycles. The van der Waals surface area contributed by atoms with Crippen LogP contribution in [0.15, 0.2) is 6.07 Å². The molecule has 2 heterocycles. The molecule has 1 saturated carbocycles. The first-order valence-electron chi connectivity index (χ1n) is 7.80. The SMILES string of the molecule is Cc1cc(CCNC(=O)C2CCC(=O)N2)c(C)n1C1CC1. The first-order valence-corrected chi connectivity index (χ1v) is 7.80. The second-order valence-electron chi connectivity index (χ2n) is 6.20. The van der Waals surface area contributed by atoms with Crippen molar-refractivity contribution in [2.24, 2.45) is 0 Å². The molecule has 1 aromatic rings. The van der Waals surface area contributed by atoms with Crippen LogP contribution in [-0.4, -0.2) is 29.0 Å². The zero-order valence-corrected chi connectivity index (χ0v) is 12.7. The summed E-state index contributed by atoms with van der Waals surface area (Å²) in [7, 11) is 0. The Morgan fingerprint density at radius 2 is 2.14 bits per heavy atom. The minimum atomic E-state index is -0.337. The molecule has 5 nitrogen and oxygen atoms in total. The summed E-state index contributed by atoms with van der Waals surface area (Å²) in [6.07, 6.45) is 4.49. The lowest BCUT2D eigenvalue weighted by Crippen LogP contribution is -2.42. The first-order chi connectivity index (χ1) is 10.1. The fourth-order valence-electron chi connectivity index (χ4n) is 3.25. The summed E-state index contributed by atoms with van der Waals surface area (Å²) in [5, 5.41) is 5.63. The maximum absolute atomic E-state index is 11.9. The number of nitrogens with one attached hydrogen (secondary N) is 2. The van der Waals surface area contributed by atoms with Gasteiger partial charge in [-0.05, 0) is 51.2 Å². The highest BCUT2D eigenvalue weighted by Gasteiger charge is 2.28. The van der Waals surface area contributed by atoms with E-state index in [-0.39, 0.29) is 17.9 Å². The largest absolute Gasteiger partial charge is 0.354 e. The molecule has 0 radical (unpaired) electrons. The van der Waals surface area contributed by atoms with Gasteiger partial charge in [0.05, 0.1) is 0 Å². The summed E-state index contributed by atoms with van der Waals surface area (Å²) >= 11 is 0. The quantitative estimate of drug-likeness (QED) is 0.860. The number of nitrogens with zero attached hydrogens (tertiary/aromatic N) is 1. The van der Waals surface area contributed by atoms with Crippen molar-refractivity contribution in [3.8, 4) is 0 Å². The lowest BCUT2D eigenvalue weighted by Gasteiger charge is -2.11. The zero-order chi connectivity index (χ0) is 15.0. The van der Waals surface area contributed by atoms with Crippen molar-refractivity contribution in [2.75, 3.05) is 6.54 Å². The highest BCUT2D eigenvalue weighted by molar-refractivity contribution is 5.90. The van der Waals surface area contributed by atoms with Gasteiger partial charge >= 0.3 is 0 Å². The van der Waals surface area contributed by atoms with Crippen LogP contribution in [0.5, 0.6) is 0 Å². The lowest BCUT2D eigenvalue weighted by atomic mass is 10.1. The van der Waals surface area contributed by atoms with Crippen LogP contribution in [0.3, 0.4) is 0 Å². The Hall–Kier alpha value is -1.78. The van der Waals surface area contributed by atoms with Gasteiger partial charge in [-0.25, -0.2) is 0 Å². The van der Waals surface area contributed by atoms with Crippen LogP contribution in [0.4, 0.5) is 0 Å². The lowest BCUT2D eigenvalue weighted by molar-refractivity contribution is -0.125. The van der Waals surface area contributed by atoms with E-state index in [4.69, 9.17) is 0 Å². The van der Waals surface area contributed by atoms with E-state index in [0.717, 1.165) is 6.42 Å². The third-order valence-corrected chi connectivity index (χ3v) is 4.51. The van der Waals surface area contributed by atoms with E-state index in [1.54, 1.807) is 0 Å². The topological polar surface area (TPSA) is 63.1 Å². The number of amides is 2. The molecule has 2 N–H and O–H groups in total. The van der Waals surface area contributed by atoms with E-state index < -0.39 is 0 Å². The van der Waals surface area contributed by atoms with E-state index in [0.29, 0.717) is 25.4 Å². The molecular formula is C16H23N3O2. The Morgan fingerprint density at radius 1 is 1.38 bits per heavy atom. The maximum atomic E-state index is 11.9. The normalized spacial score (nSPS) is 21.4. The summed E-state index contributed by atoms with van der Waals surface area (Å²) in [6.45, 7) is 4.95. The molecule has 3 rings (SSSR count). The predicted octanol–water partition coefficient (Wildman–Crippen LogP) is 1.38. The zero-order valence-electron chi connectivity index (χ0n) is 12.7. The van der Waals surface area contributed by atoms with Crippen molar-refractivity contribution >= 4 is 11.8 Å². The number of rotatable bonds is 5. The van der Waals surface area contributed by atoms with Crippen LogP contribution in [0.25, 0.3) is 0 Å². The van der Waals surface area contributed by atoms with E-state index in [9.17, 15) is 9.59 Å². The Kier molecular flexibility index (Phi) is 3.74. The molecule has 2 amide bonds. The van der Waals surface area contributed by atoms with Gasteiger partial charge in [-0.3, -0.25) is 9.59 Å². The molecule has 21 heavy (non-hydrogen) atoms. The molecule has 0 bridgehead atoms. The van der Waals surface area contributed by atoms with Crippen LogP contribution >= 0.6 is 0 Å². The van der Waals surface area contributed by atoms with Gasteiger partial charge in [-0.15, -0.1) is 0 Å². The second kappa shape index (κ2) is 5.54. The van der Waals surface area contributed by atoms with Crippen molar-refractivity contribution in [3.05, 3.63) is 23.0 Å².